The Labute approximate surface area is 125 Å². The minimum atomic E-state index is -3.50. The molecule has 3 N–H and O–H groups in total. The third-order valence-electron chi connectivity index (χ3n) is 3.22. The molecule has 7 heteroatoms. The molecule has 0 saturated heterocycles. The van der Waals surface area contributed by atoms with Crippen molar-refractivity contribution in [3.05, 3.63) is 47.8 Å². The third-order valence-corrected chi connectivity index (χ3v) is 4.64. The van der Waals surface area contributed by atoms with Crippen molar-refractivity contribution in [2.45, 2.75) is 31.3 Å². The molecular weight excluding hydrogens is 288 g/mol. The molecule has 6 nitrogen and oxygen atoms in total. The first kappa shape index (κ1) is 15.7. The second-order valence-electron chi connectivity index (χ2n) is 4.78. The molecule has 0 saturated carbocycles. The predicted octanol–water partition coefficient (Wildman–Crippen LogP) is 1.56. The normalized spacial score (nSPS) is 13.2. The van der Waals surface area contributed by atoms with Crippen LogP contribution in [0.25, 0.3) is 0 Å². The smallest absolute Gasteiger partial charge is 0.240 e. The molecule has 0 aliphatic heterocycles. The van der Waals surface area contributed by atoms with Gasteiger partial charge in [-0.15, -0.1) is 0 Å². The van der Waals surface area contributed by atoms with E-state index in [1.165, 1.54) is 0 Å². The molecule has 1 aromatic carbocycles. The van der Waals surface area contributed by atoms with Gasteiger partial charge in [0, 0.05) is 24.3 Å². The van der Waals surface area contributed by atoms with Gasteiger partial charge >= 0.3 is 0 Å². The number of benzene rings is 1. The van der Waals surface area contributed by atoms with Gasteiger partial charge in [0.15, 0.2) is 0 Å². The third kappa shape index (κ3) is 4.13. The van der Waals surface area contributed by atoms with Gasteiger partial charge in [-0.05, 0) is 31.2 Å². The van der Waals surface area contributed by atoms with Gasteiger partial charge < -0.3 is 5.32 Å². The van der Waals surface area contributed by atoms with Gasteiger partial charge in [0.05, 0.1) is 11.1 Å². The maximum absolute atomic E-state index is 12.2. The quantitative estimate of drug-likeness (QED) is 0.724. The molecule has 1 aromatic heterocycles. The Morgan fingerprint density at radius 3 is 2.57 bits per heavy atom. The van der Waals surface area contributed by atoms with Crippen LogP contribution in [0.4, 0.5) is 0 Å². The van der Waals surface area contributed by atoms with Crippen LogP contribution in [0.15, 0.2) is 41.6 Å². The number of rotatable bonds is 7. The fourth-order valence-electron chi connectivity index (χ4n) is 2.00. The number of hydrogen-bond donors (Lipinski definition) is 3. The van der Waals surface area contributed by atoms with Crippen LogP contribution >= 0.6 is 0 Å². The zero-order valence-electron chi connectivity index (χ0n) is 12.1. The van der Waals surface area contributed by atoms with Crippen LogP contribution in [0.2, 0.25) is 0 Å². The van der Waals surface area contributed by atoms with E-state index in [1.54, 1.807) is 24.5 Å². The van der Waals surface area contributed by atoms with Gasteiger partial charge in [-0.1, -0.05) is 19.1 Å². The summed E-state index contributed by atoms with van der Waals surface area (Å²) in [6.07, 6.45) is 3.24. The standard InChI is InChI=1S/C14H20N4O2S/c1-3-15-11(2)13-4-6-14(7-5-13)21(19,20)18-10-12-8-16-17-9-12/h4-9,11,15,18H,3,10H2,1-2H3,(H,16,17). The second kappa shape index (κ2) is 6.84. The molecule has 2 aromatic rings. The van der Waals surface area contributed by atoms with E-state index in [2.05, 4.69) is 20.2 Å². The first-order chi connectivity index (χ1) is 10.0. The highest BCUT2D eigenvalue weighted by Crippen LogP contribution is 2.16. The monoisotopic (exact) mass is 308 g/mol. The summed E-state index contributed by atoms with van der Waals surface area (Å²) in [6.45, 7) is 5.17. The van der Waals surface area contributed by atoms with Crippen molar-refractivity contribution in [3.63, 3.8) is 0 Å². The van der Waals surface area contributed by atoms with Gasteiger partial charge in [-0.25, -0.2) is 13.1 Å². The molecular formula is C14H20N4O2S. The highest BCUT2D eigenvalue weighted by atomic mass is 32.2. The number of hydrogen-bond acceptors (Lipinski definition) is 4. The predicted molar refractivity (Wildman–Crippen MR) is 81.1 cm³/mol. The van der Waals surface area contributed by atoms with E-state index in [4.69, 9.17) is 0 Å². The van der Waals surface area contributed by atoms with E-state index < -0.39 is 10.0 Å². The minimum absolute atomic E-state index is 0.200. The first-order valence-electron chi connectivity index (χ1n) is 6.83. The Morgan fingerprint density at radius 2 is 2.00 bits per heavy atom. The van der Waals surface area contributed by atoms with E-state index in [-0.39, 0.29) is 17.5 Å². The lowest BCUT2D eigenvalue weighted by atomic mass is 10.1. The summed E-state index contributed by atoms with van der Waals surface area (Å²) >= 11 is 0. The summed E-state index contributed by atoms with van der Waals surface area (Å²) in [4.78, 5) is 0.262. The highest BCUT2D eigenvalue weighted by Gasteiger charge is 2.14. The van der Waals surface area contributed by atoms with Crippen LogP contribution in [0.1, 0.15) is 31.0 Å². The molecule has 0 aliphatic rings. The molecule has 0 spiro atoms. The SMILES string of the molecule is CCNC(C)c1ccc(S(=O)(=O)NCc2cn[nH]c2)cc1. The second-order valence-corrected chi connectivity index (χ2v) is 6.55. The lowest BCUT2D eigenvalue weighted by molar-refractivity contribution is 0.580. The Bertz CT molecular complexity index is 651. The number of aromatic nitrogens is 2. The summed E-state index contributed by atoms with van der Waals surface area (Å²) in [7, 11) is -3.50. The van der Waals surface area contributed by atoms with Gasteiger partial charge in [0.2, 0.25) is 10.0 Å². The van der Waals surface area contributed by atoms with Gasteiger partial charge in [0.25, 0.3) is 0 Å². The van der Waals surface area contributed by atoms with Crippen LogP contribution in [0, 0.1) is 0 Å². The number of sulfonamides is 1. The summed E-state index contributed by atoms with van der Waals surface area (Å²) in [5, 5.41) is 9.71. The van der Waals surface area contributed by atoms with E-state index in [0.29, 0.717) is 0 Å². The average molecular weight is 308 g/mol. The van der Waals surface area contributed by atoms with Crippen molar-refractivity contribution >= 4 is 10.0 Å². The fraction of sp³-hybridized carbons (Fsp3) is 0.357. The zero-order valence-corrected chi connectivity index (χ0v) is 12.9. The van der Waals surface area contributed by atoms with Crippen molar-refractivity contribution in [2.24, 2.45) is 0 Å². The van der Waals surface area contributed by atoms with Crippen LogP contribution in [-0.4, -0.2) is 25.2 Å². The molecule has 0 bridgehead atoms. The van der Waals surface area contributed by atoms with E-state index in [9.17, 15) is 8.42 Å². The van der Waals surface area contributed by atoms with Gasteiger partial charge in [-0.3, -0.25) is 5.10 Å². The number of aromatic amines is 1. The maximum atomic E-state index is 12.2. The van der Waals surface area contributed by atoms with Crippen molar-refractivity contribution in [2.75, 3.05) is 6.54 Å². The van der Waals surface area contributed by atoms with Crippen molar-refractivity contribution in [3.8, 4) is 0 Å². The number of H-pyrrole nitrogens is 1. The van der Waals surface area contributed by atoms with Crippen LogP contribution in [0.3, 0.4) is 0 Å². The molecule has 0 fully saturated rings. The molecule has 1 unspecified atom stereocenters. The Balaban J connectivity index is 2.06. The molecule has 2 rings (SSSR count). The minimum Gasteiger partial charge on any atom is -0.310 e. The van der Waals surface area contributed by atoms with E-state index >= 15 is 0 Å². The summed E-state index contributed by atoms with van der Waals surface area (Å²) in [6, 6.07) is 7.12. The summed E-state index contributed by atoms with van der Waals surface area (Å²) in [5.41, 5.74) is 1.85. The average Bonchev–Trinajstić information content (AvgIpc) is 2.99. The molecule has 0 radical (unpaired) electrons. The van der Waals surface area contributed by atoms with Gasteiger partial charge in [0.1, 0.15) is 0 Å². The van der Waals surface area contributed by atoms with Crippen LogP contribution < -0.4 is 10.0 Å². The van der Waals surface area contributed by atoms with Crippen LogP contribution in [0.5, 0.6) is 0 Å². The molecule has 1 atom stereocenters. The fourth-order valence-corrected chi connectivity index (χ4v) is 3.01. The Hall–Kier alpha value is -1.70. The Kier molecular flexibility index (Phi) is 5.11. The lowest BCUT2D eigenvalue weighted by Gasteiger charge is -2.13. The van der Waals surface area contributed by atoms with Crippen molar-refractivity contribution in [1.29, 1.82) is 0 Å². The van der Waals surface area contributed by atoms with Crippen LogP contribution in [-0.2, 0) is 16.6 Å². The summed E-state index contributed by atoms with van der Waals surface area (Å²) in [5.74, 6) is 0. The zero-order chi connectivity index (χ0) is 15.3. The largest absolute Gasteiger partial charge is 0.310 e. The van der Waals surface area contributed by atoms with Crippen molar-refractivity contribution < 1.29 is 8.42 Å². The lowest BCUT2D eigenvalue weighted by Crippen LogP contribution is -2.23. The van der Waals surface area contributed by atoms with E-state index in [1.807, 2.05) is 26.0 Å². The summed E-state index contributed by atoms with van der Waals surface area (Å²) < 4.78 is 26.9. The topological polar surface area (TPSA) is 86.9 Å². The molecule has 21 heavy (non-hydrogen) atoms. The highest BCUT2D eigenvalue weighted by molar-refractivity contribution is 7.89. The number of nitrogens with one attached hydrogen (secondary N) is 3. The maximum Gasteiger partial charge on any atom is 0.240 e. The molecule has 0 aliphatic carbocycles. The molecule has 114 valence electrons. The molecule has 0 amide bonds. The molecule has 1 heterocycles. The Morgan fingerprint density at radius 1 is 1.29 bits per heavy atom. The number of nitrogens with zero attached hydrogens (tertiary/aromatic N) is 1. The first-order valence-corrected chi connectivity index (χ1v) is 8.32. The van der Waals surface area contributed by atoms with Crippen molar-refractivity contribution in [1.82, 2.24) is 20.2 Å². The van der Waals surface area contributed by atoms with E-state index in [0.717, 1.165) is 17.7 Å². The van der Waals surface area contributed by atoms with Gasteiger partial charge in [-0.2, -0.15) is 5.10 Å².